The molecule has 1 aliphatic rings. The molecule has 0 radical (unpaired) electrons. The maximum atomic E-state index is 11.7. The molecule has 0 aromatic heterocycles. The van der Waals surface area contributed by atoms with Crippen LogP contribution in [0.15, 0.2) is 0 Å². The molecule has 1 aliphatic heterocycles. The van der Waals surface area contributed by atoms with Crippen LogP contribution in [-0.2, 0) is 14.3 Å². The second-order valence-electron chi connectivity index (χ2n) is 5.04. The highest BCUT2D eigenvalue weighted by Gasteiger charge is 2.20. The molecule has 1 heterocycles. The quantitative estimate of drug-likeness (QED) is 0.700. The maximum Gasteiger partial charge on any atom is 0.234 e. The molecule has 106 valence electrons. The first-order valence-corrected chi connectivity index (χ1v) is 6.73. The summed E-state index contributed by atoms with van der Waals surface area (Å²) < 4.78 is 10.3. The van der Waals surface area contributed by atoms with Crippen molar-refractivity contribution >= 4 is 5.91 Å². The summed E-state index contributed by atoms with van der Waals surface area (Å²) in [6, 6.07) is 0.417. The van der Waals surface area contributed by atoms with Crippen molar-refractivity contribution in [2.75, 3.05) is 33.5 Å². The number of rotatable bonds is 7. The van der Waals surface area contributed by atoms with E-state index in [9.17, 15) is 4.79 Å². The molecule has 1 amide bonds. The monoisotopic (exact) mass is 258 g/mol. The Morgan fingerprint density at radius 1 is 1.39 bits per heavy atom. The highest BCUT2D eigenvalue weighted by atomic mass is 16.5. The maximum absolute atomic E-state index is 11.7. The normalized spacial score (nSPS) is 20.4. The van der Waals surface area contributed by atoms with Gasteiger partial charge in [-0.2, -0.15) is 0 Å². The summed E-state index contributed by atoms with van der Waals surface area (Å²) in [5, 5.41) is 6.18. The Kier molecular flexibility index (Phi) is 7.23. The smallest absolute Gasteiger partial charge is 0.234 e. The topological polar surface area (TPSA) is 59.6 Å². The number of hydrogen-bond acceptors (Lipinski definition) is 4. The lowest BCUT2D eigenvalue weighted by molar-refractivity contribution is -0.121. The lowest BCUT2D eigenvalue weighted by Crippen LogP contribution is -2.45. The molecule has 0 aromatic rings. The van der Waals surface area contributed by atoms with E-state index in [1.54, 1.807) is 7.11 Å². The first kappa shape index (κ1) is 15.4. The van der Waals surface area contributed by atoms with E-state index < -0.39 is 0 Å². The number of carbonyl (C=O) groups excluding carboxylic acids is 1. The molecule has 5 nitrogen and oxygen atoms in total. The van der Waals surface area contributed by atoms with Crippen LogP contribution in [0.2, 0.25) is 0 Å². The van der Waals surface area contributed by atoms with Crippen molar-refractivity contribution in [3.05, 3.63) is 0 Å². The number of carbonyl (C=O) groups is 1. The minimum Gasteiger partial charge on any atom is -0.383 e. The minimum atomic E-state index is 0.0264. The SMILES string of the molecule is COCC(C)NC(=O)CNC(C)C1CCOCC1. The van der Waals surface area contributed by atoms with Crippen molar-refractivity contribution < 1.29 is 14.3 Å². The fourth-order valence-corrected chi connectivity index (χ4v) is 2.25. The predicted octanol–water partition coefficient (Wildman–Crippen LogP) is 0.542. The highest BCUT2D eigenvalue weighted by Crippen LogP contribution is 2.18. The van der Waals surface area contributed by atoms with Crippen LogP contribution in [0.25, 0.3) is 0 Å². The van der Waals surface area contributed by atoms with Crippen molar-refractivity contribution in [1.29, 1.82) is 0 Å². The van der Waals surface area contributed by atoms with Crippen LogP contribution in [0.4, 0.5) is 0 Å². The molecule has 0 spiro atoms. The second kappa shape index (κ2) is 8.45. The van der Waals surface area contributed by atoms with E-state index in [1.165, 1.54) is 0 Å². The lowest BCUT2D eigenvalue weighted by Gasteiger charge is -2.28. The largest absolute Gasteiger partial charge is 0.383 e. The van der Waals surface area contributed by atoms with E-state index in [1.807, 2.05) is 6.92 Å². The van der Waals surface area contributed by atoms with Crippen LogP contribution in [-0.4, -0.2) is 51.5 Å². The number of methoxy groups -OCH3 is 1. The fraction of sp³-hybridized carbons (Fsp3) is 0.923. The van der Waals surface area contributed by atoms with Gasteiger partial charge in [-0.25, -0.2) is 0 Å². The number of ether oxygens (including phenoxy) is 2. The summed E-state index contributed by atoms with van der Waals surface area (Å²) in [5.74, 6) is 0.640. The van der Waals surface area contributed by atoms with Gasteiger partial charge in [0.15, 0.2) is 0 Å². The van der Waals surface area contributed by atoms with Gasteiger partial charge in [0, 0.05) is 32.4 Å². The molecule has 0 aromatic carbocycles. The summed E-state index contributed by atoms with van der Waals surface area (Å²) in [4.78, 5) is 11.7. The average molecular weight is 258 g/mol. The third kappa shape index (κ3) is 5.80. The Hall–Kier alpha value is -0.650. The van der Waals surface area contributed by atoms with Crippen LogP contribution in [0, 0.1) is 5.92 Å². The van der Waals surface area contributed by atoms with Crippen molar-refractivity contribution in [3.63, 3.8) is 0 Å². The molecule has 2 N–H and O–H groups in total. The summed E-state index contributed by atoms with van der Waals surface area (Å²) in [7, 11) is 1.63. The first-order chi connectivity index (χ1) is 8.63. The first-order valence-electron chi connectivity index (χ1n) is 6.73. The summed E-state index contributed by atoms with van der Waals surface area (Å²) in [6.07, 6.45) is 2.16. The van der Waals surface area contributed by atoms with E-state index >= 15 is 0 Å². The molecule has 2 unspecified atom stereocenters. The second-order valence-corrected chi connectivity index (χ2v) is 5.04. The Morgan fingerprint density at radius 3 is 2.67 bits per heavy atom. The van der Waals surface area contributed by atoms with E-state index in [0.717, 1.165) is 26.1 Å². The third-order valence-electron chi connectivity index (χ3n) is 3.38. The van der Waals surface area contributed by atoms with Gasteiger partial charge in [-0.1, -0.05) is 0 Å². The van der Waals surface area contributed by atoms with Crippen LogP contribution < -0.4 is 10.6 Å². The van der Waals surface area contributed by atoms with Gasteiger partial charge < -0.3 is 20.1 Å². The van der Waals surface area contributed by atoms with Crippen LogP contribution in [0.3, 0.4) is 0 Å². The zero-order valence-electron chi connectivity index (χ0n) is 11.7. The third-order valence-corrected chi connectivity index (χ3v) is 3.38. The van der Waals surface area contributed by atoms with Crippen molar-refractivity contribution in [3.8, 4) is 0 Å². The van der Waals surface area contributed by atoms with Gasteiger partial charge in [0.1, 0.15) is 0 Å². The Morgan fingerprint density at radius 2 is 2.06 bits per heavy atom. The van der Waals surface area contributed by atoms with E-state index in [2.05, 4.69) is 17.6 Å². The molecule has 2 atom stereocenters. The molecule has 1 rings (SSSR count). The molecule has 1 saturated heterocycles. The lowest BCUT2D eigenvalue weighted by atomic mass is 9.93. The standard InChI is InChI=1S/C13H26N2O3/c1-10(9-17-3)15-13(16)8-14-11(2)12-4-6-18-7-5-12/h10-12,14H,4-9H2,1-3H3,(H,15,16). The summed E-state index contributed by atoms with van der Waals surface area (Å²) in [6.45, 7) is 6.67. The number of nitrogens with one attached hydrogen (secondary N) is 2. The predicted molar refractivity (Wildman–Crippen MR) is 70.5 cm³/mol. The highest BCUT2D eigenvalue weighted by molar-refractivity contribution is 5.78. The van der Waals surface area contributed by atoms with E-state index in [4.69, 9.17) is 9.47 Å². The molecular weight excluding hydrogens is 232 g/mol. The number of hydrogen-bond donors (Lipinski definition) is 2. The van der Waals surface area contributed by atoms with Crippen molar-refractivity contribution in [1.82, 2.24) is 10.6 Å². The van der Waals surface area contributed by atoms with Gasteiger partial charge in [-0.15, -0.1) is 0 Å². The van der Waals surface area contributed by atoms with E-state index in [-0.39, 0.29) is 11.9 Å². The van der Waals surface area contributed by atoms with Crippen molar-refractivity contribution in [2.45, 2.75) is 38.8 Å². The Balaban J connectivity index is 2.16. The molecule has 5 heteroatoms. The van der Waals surface area contributed by atoms with Gasteiger partial charge in [-0.3, -0.25) is 4.79 Å². The molecule has 0 saturated carbocycles. The average Bonchev–Trinajstić information content (AvgIpc) is 2.37. The molecule has 0 aliphatic carbocycles. The Bertz CT molecular complexity index is 242. The zero-order valence-corrected chi connectivity index (χ0v) is 11.7. The van der Waals surface area contributed by atoms with Gasteiger partial charge in [-0.05, 0) is 32.6 Å². The van der Waals surface area contributed by atoms with Gasteiger partial charge in [0.05, 0.1) is 13.2 Å². The van der Waals surface area contributed by atoms with Crippen LogP contribution in [0.1, 0.15) is 26.7 Å². The zero-order chi connectivity index (χ0) is 13.4. The van der Waals surface area contributed by atoms with Gasteiger partial charge in [0.25, 0.3) is 0 Å². The molecule has 1 fully saturated rings. The van der Waals surface area contributed by atoms with E-state index in [0.29, 0.717) is 25.1 Å². The fourth-order valence-electron chi connectivity index (χ4n) is 2.25. The van der Waals surface area contributed by atoms with Crippen molar-refractivity contribution in [2.24, 2.45) is 5.92 Å². The van der Waals surface area contributed by atoms with Gasteiger partial charge >= 0.3 is 0 Å². The molecule has 0 bridgehead atoms. The van der Waals surface area contributed by atoms with Crippen LogP contribution in [0.5, 0.6) is 0 Å². The number of amides is 1. The molecular formula is C13H26N2O3. The Labute approximate surface area is 110 Å². The van der Waals surface area contributed by atoms with Gasteiger partial charge in [0.2, 0.25) is 5.91 Å². The summed E-state index contributed by atoms with van der Waals surface area (Å²) in [5.41, 5.74) is 0. The summed E-state index contributed by atoms with van der Waals surface area (Å²) >= 11 is 0. The molecule has 18 heavy (non-hydrogen) atoms. The van der Waals surface area contributed by atoms with Crippen LogP contribution >= 0.6 is 0 Å². The minimum absolute atomic E-state index is 0.0264.